The zero-order valence-corrected chi connectivity index (χ0v) is 13.1. The lowest BCUT2D eigenvalue weighted by Crippen LogP contribution is -2.20. The van der Waals surface area contributed by atoms with Crippen LogP contribution in [0.5, 0.6) is 5.75 Å². The van der Waals surface area contributed by atoms with Crippen molar-refractivity contribution < 1.29 is 9.84 Å². The maximum Gasteiger partial charge on any atom is 0.119 e. The number of ether oxygens (including phenoxy) is 1. The molecule has 0 fully saturated rings. The second-order valence-corrected chi connectivity index (χ2v) is 6.00. The maximum atomic E-state index is 9.90. The summed E-state index contributed by atoms with van der Waals surface area (Å²) in [5.74, 6) is 1.21. The maximum absolute atomic E-state index is 9.90. The second kappa shape index (κ2) is 7.52. The van der Waals surface area contributed by atoms with E-state index in [0.29, 0.717) is 17.2 Å². The van der Waals surface area contributed by atoms with Gasteiger partial charge in [0.15, 0.2) is 0 Å². The van der Waals surface area contributed by atoms with Gasteiger partial charge in [0.2, 0.25) is 0 Å². The molecule has 4 nitrogen and oxygen atoms in total. The molecule has 2 aromatic rings. The number of halogens is 1. The number of hydrogen-bond donors (Lipinski definition) is 2. The van der Waals surface area contributed by atoms with E-state index in [1.807, 2.05) is 12.1 Å². The molecular weight excluding hydrogens is 340 g/mol. The predicted molar refractivity (Wildman–Crippen MR) is 85.0 cm³/mol. The van der Waals surface area contributed by atoms with Crippen molar-refractivity contribution in [1.82, 2.24) is 4.98 Å². The monoisotopic (exact) mass is 354 g/mol. The molecule has 0 saturated carbocycles. The minimum atomic E-state index is -0.563. The fraction of sp³-hybridized carbons (Fsp3) is 0.214. The number of aliphatic hydroxyl groups excluding tert-OH is 1. The van der Waals surface area contributed by atoms with E-state index in [1.54, 1.807) is 30.5 Å². The zero-order valence-electron chi connectivity index (χ0n) is 10.7. The van der Waals surface area contributed by atoms with E-state index in [2.05, 4.69) is 20.9 Å². The molecular formula is C14H15BrN2O2S. The van der Waals surface area contributed by atoms with Crippen LogP contribution in [0.1, 0.15) is 0 Å². The largest absolute Gasteiger partial charge is 0.491 e. The van der Waals surface area contributed by atoms with Gasteiger partial charge in [-0.3, -0.25) is 0 Å². The van der Waals surface area contributed by atoms with Crippen molar-refractivity contribution in [2.75, 3.05) is 18.1 Å². The van der Waals surface area contributed by atoms with E-state index in [1.165, 1.54) is 11.8 Å². The predicted octanol–water partition coefficient (Wildman–Crippen LogP) is 2.96. The van der Waals surface area contributed by atoms with Gasteiger partial charge in [0.1, 0.15) is 17.4 Å². The summed E-state index contributed by atoms with van der Waals surface area (Å²) in [6, 6.07) is 10.9. The van der Waals surface area contributed by atoms with Gasteiger partial charge in [-0.15, -0.1) is 11.8 Å². The third-order valence-electron chi connectivity index (χ3n) is 2.46. The molecule has 6 heteroatoms. The van der Waals surface area contributed by atoms with Crippen molar-refractivity contribution in [2.24, 2.45) is 0 Å². The van der Waals surface area contributed by atoms with Crippen LogP contribution in [0.15, 0.2) is 52.1 Å². The Morgan fingerprint density at radius 3 is 2.75 bits per heavy atom. The first-order valence-corrected chi connectivity index (χ1v) is 7.83. The summed E-state index contributed by atoms with van der Waals surface area (Å²) in [6.45, 7) is 0.237. The van der Waals surface area contributed by atoms with Crippen molar-refractivity contribution in [3.63, 3.8) is 0 Å². The van der Waals surface area contributed by atoms with E-state index in [0.717, 1.165) is 9.50 Å². The summed E-state index contributed by atoms with van der Waals surface area (Å²) in [6.07, 6.45) is 1.16. The quantitative estimate of drug-likeness (QED) is 0.616. The molecule has 106 valence electrons. The molecule has 1 heterocycles. The minimum Gasteiger partial charge on any atom is -0.491 e. The van der Waals surface area contributed by atoms with Gasteiger partial charge in [-0.25, -0.2) is 4.98 Å². The van der Waals surface area contributed by atoms with Gasteiger partial charge in [0, 0.05) is 22.1 Å². The van der Waals surface area contributed by atoms with Crippen LogP contribution in [0.25, 0.3) is 0 Å². The molecule has 0 aliphatic heterocycles. The highest BCUT2D eigenvalue weighted by molar-refractivity contribution is 9.10. The van der Waals surface area contributed by atoms with Gasteiger partial charge in [0.05, 0.1) is 6.10 Å². The third kappa shape index (κ3) is 4.70. The number of aromatic nitrogens is 1. The molecule has 0 radical (unpaired) electrons. The Labute approximate surface area is 130 Å². The zero-order chi connectivity index (χ0) is 14.4. The first-order valence-electron chi connectivity index (χ1n) is 6.05. The van der Waals surface area contributed by atoms with E-state index in [4.69, 9.17) is 10.5 Å². The molecule has 0 aliphatic carbocycles. The molecule has 0 amide bonds. The standard InChI is InChI=1S/C14H15BrN2O2S/c15-13-2-1-7-17-14(13)20-9-11(18)8-19-12-5-3-10(16)4-6-12/h1-7,11,18H,8-9,16H2. The van der Waals surface area contributed by atoms with Crippen LogP contribution in [0, 0.1) is 0 Å². The topological polar surface area (TPSA) is 68.4 Å². The number of nitrogen functional groups attached to an aromatic ring is 1. The van der Waals surface area contributed by atoms with Crippen LogP contribution in [0.4, 0.5) is 5.69 Å². The highest BCUT2D eigenvalue weighted by Gasteiger charge is 2.08. The molecule has 20 heavy (non-hydrogen) atoms. The molecule has 1 unspecified atom stereocenters. The number of benzene rings is 1. The van der Waals surface area contributed by atoms with Gasteiger partial charge >= 0.3 is 0 Å². The Kier molecular flexibility index (Phi) is 5.70. The number of nitrogens with two attached hydrogens (primary N) is 1. The number of anilines is 1. The second-order valence-electron chi connectivity index (χ2n) is 4.14. The molecule has 1 aromatic carbocycles. The molecule has 0 aliphatic rings. The number of hydrogen-bond acceptors (Lipinski definition) is 5. The van der Waals surface area contributed by atoms with Crippen LogP contribution in [0.3, 0.4) is 0 Å². The van der Waals surface area contributed by atoms with E-state index in [9.17, 15) is 5.11 Å². The van der Waals surface area contributed by atoms with E-state index >= 15 is 0 Å². The molecule has 2 rings (SSSR count). The van der Waals surface area contributed by atoms with Crippen LogP contribution in [0.2, 0.25) is 0 Å². The number of pyridine rings is 1. The average Bonchev–Trinajstić information content (AvgIpc) is 2.46. The normalized spacial score (nSPS) is 12.1. The summed E-state index contributed by atoms with van der Waals surface area (Å²) in [4.78, 5) is 4.23. The van der Waals surface area contributed by atoms with Crippen LogP contribution < -0.4 is 10.5 Å². The first kappa shape index (κ1) is 15.2. The smallest absolute Gasteiger partial charge is 0.119 e. The Morgan fingerprint density at radius 1 is 1.30 bits per heavy atom. The summed E-state index contributed by atoms with van der Waals surface area (Å²) in [7, 11) is 0. The number of rotatable bonds is 6. The number of nitrogens with zero attached hydrogens (tertiary/aromatic N) is 1. The highest BCUT2D eigenvalue weighted by atomic mass is 79.9. The lowest BCUT2D eigenvalue weighted by atomic mass is 10.3. The molecule has 3 N–H and O–H groups in total. The van der Waals surface area contributed by atoms with Gasteiger partial charge in [0.25, 0.3) is 0 Å². The summed E-state index contributed by atoms with van der Waals surface area (Å²) < 4.78 is 6.42. The lowest BCUT2D eigenvalue weighted by Gasteiger charge is -2.12. The fourth-order valence-corrected chi connectivity index (χ4v) is 2.84. The highest BCUT2D eigenvalue weighted by Crippen LogP contribution is 2.25. The summed E-state index contributed by atoms with van der Waals surface area (Å²) >= 11 is 4.91. The minimum absolute atomic E-state index is 0.237. The third-order valence-corrected chi connectivity index (χ3v) is 4.51. The van der Waals surface area contributed by atoms with Crippen LogP contribution in [-0.4, -0.2) is 28.6 Å². The van der Waals surface area contributed by atoms with Crippen molar-refractivity contribution >= 4 is 33.4 Å². The number of thioether (sulfide) groups is 1. The molecule has 1 aromatic heterocycles. The number of aliphatic hydroxyl groups is 1. The lowest BCUT2D eigenvalue weighted by molar-refractivity contribution is 0.126. The fourth-order valence-electron chi connectivity index (χ4n) is 1.46. The van der Waals surface area contributed by atoms with Crippen molar-refractivity contribution in [3.05, 3.63) is 47.1 Å². The Balaban J connectivity index is 1.77. The molecule has 1 atom stereocenters. The van der Waals surface area contributed by atoms with E-state index in [-0.39, 0.29) is 6.61 Å². The van der Waals surface area contributed by atoms with Gasteiger partial charge in [-0.05, 0) is 52.3 Å². The Bertz CT molecular complexity index is 551. The van der Waals surface area contributed by atoms with E-state index < -0.39 is 6.10 Å². The average molecular weight is 355 g/mol. The van der Waals surface area contributed by atoms with Gasteiger partial charge in [-0.2, -0.15) is 0 Å². The SMILES string of the molecule is Nc1ccc(OCC(O)CSc2ncccc2Br)cc1. The first-order chi connectivity index (χ1) is 9.65. The van der Waals surface area contributed by atoms with Gasteiger partial charge in [-0.1, -0.05) is 0 Å². The Morgan fingerprint density at radius 2 is 2.05 bits per heavy atom. The summed E-state index contributed by atoms with van der Waals surface area (Å²) in [5, 5.41) is 10.8. The van der Waals surface area contributed by atoms with Crippen LogP contribution >= 0.6 is 27.7 Å². The van der Waals surface area contributed by atoms with Crippen molar-refractivity contribution in [3.8, 4) is 5.75 Å². The Hall–Kier alpha value is -1.24. The van der Waals surface area contributed by atoms with Crippen molar-refractivity contribution in [1.29, 1.82) is 0 Å². The molecule has 0 bridgehead atoms. The molecule has 0 saturated heterocycles. The van der Waals surface area contributed by atoms with Gasteiger partial charge < -0.3 is 15.6 Å². The summed E-state index contributed by atoms with van der Waals surface area (Å²) in [5.41, 5.74) is 6.28. The van der Waals surface area contributed by atoms with Crippen LogP contribution in [-0.2, 0) is 0 Å². The molecule has 0 spiro atoms. The van der Waals surface area contributed by atoms with Crippen molar-refractivity contribution in [2.45, 2.75) is 11.1 Å².